The van der Waals surface area contributed by atoms with Gasteiger partial charge in [0.2, 0.25) is 0 Å². The fraction of sp³-hybridized carbons (Fsp3) is 0.412. The smallest absolute Gasteiger partial charge is 0.274 e. The molecule has 1 amide bonds. The Bertz CT molecular complexity index is 794. The molecule has 1 aromatic carbocycles. The Labute approximate surface area is 157 Å². The lowest BCUT2D eigenvalue weighted by atomic mass is 9.92. The number of benzene rings is 1. The van der Waals surface area contributed by atoms with E-state index >= 15 is 0 Å². The van der Waals surface area contributed by atoms with Crippen LogP contribution in [0.3, 0.4) is 0 Å². The van der Waals surface area contributed by atoms with Crippen LogP contribution in [0.5, 0.6) is 0 Å². The van der Waals surface area contributed by atoms with E-state index < -0.39 is 4.92 Å². The number of carbonyl (C=O) groups is 1. The predicted octanol–water partition coefficient (Wildman–Crippen LogP) is 2.40. The summed E-state index contributed by atoms with van der Waals surface area (Å²) in [6, 6.07) is 7.80. The van der Waals surface area contributed by atoms with E-state index in [1.165, 1.54) is 16.8 Å². The molecule has 0 spiro atoms. The number of nitro groups is 1. The SMILES string of the molecule is CC1CCN(C(=O)c2ccn(-c3cccc([N+](=O)[O-])c3)n2)C(CN)C1.Cl. The van der Waals surface area contributed by atoms with Gasteiger partial charge in [-0.05, 0) is 30.9 Å². The normalized spacial score (nSPS) is 19.7. The first-order valence-electron chi connectivity index (χ1n) is 8.31. The zero-order valence-corrected chi connectivity index (χ0v) is 15.3. The Balaban J connectivity index is 0.00000243. The third-order valence-electron chi connectivity index (χ3n) is 4.62. The molecule has 2 aromatic rings. The second-order valence-corrected chi connectivity index (χ2v) is 6.44. The number of nitrogens with two attached hydrogens (primary N) is 1. The maximum Gasteiger partial charge on any atom is 0.274 e. The van der Waals surface area contributed by atoms with Gasteiger partial charge in [-0.2, -0.15) is 5.10 Å². The number of piperidine rings is 1. The largest absolute Gasteiger partial charge is 0.333 e. The van der Waals surface area contributed by atoms with Crippen LogP contribution in [0.2, 0.25) is 0 Å². The van der Waals surface area contributed by atoms with Crippen LogP contribution in [0.15, 0.2) is 36.5 Å². The first-order chi connectivity index (χ1) is 12.0. The van der Waals surface area contributed by atoms with Gasteiger partial charge in [-0.15, -0.1) is 12.4 Å². The van der Waals surface area contributed by atoms with Crippen molar-refractivity contribution in [3.8, 4) is 5.69 Å². The minimum atomic E-state index is -0.459. The van der Waals surface area contributed by atoms with Gasteiger partial charge in [0.25, 0.3) is 11.6 Å². The summed E-state index contributed by atoms with van der Waals surface area (Å²) in [5.74, 6) is 0.409. The van der Waals surface area contributed by atoms with E-state index in [9.17, 15) is 14.9 Å². The van der Waals surface area contributed by atoms with Gasteiger partial charge in [0.15, 0.2) is 5.69 Å². The minimum Gasteiger partial charge on any atom is -0.333 e. The zero-order chi connectivity index (χ0) is 18.0. The van der Waals surface area contributed by atoms with Crippen LogP contribution in [0.25, 0.3) is 5.69 Å². The number of amides is 1. The number of nitro benzene ring substituents is 1. The third kappa shape index (κ3) is 4.03. The van der Waals surface area contributed by atoms with Gasteiger partial charge >= 0.3 is 0 Å². The molecule has 1 aliphatic heterocycles. The van der Waals surface area contributed by atoms with Crippen molar-refractivity contribution in [3.63, 3.8) is 0 Å². The summed E-state index contributed by atoms with van der Waals surface area (Å²) in [6.45, 7) is 3.27. The molecule has 0 radical (unpaired) electrons. The van der Waals surface area contributed by atoms with E-state index in [1.807, 2.05) is 0 Å². The van der Waals surface area contributed by atoms with Gasteiger partial charge in [0, 0.05) is 37.5 Å². The lowest BCUT2D eigenvalue weighted by Gasteiger charge is -2.37. The van der Waals surface area contributed by atoms with Crippen molar-refractivity contribution in [3.05, 3.63) is 52.3 Å². The van der Waals surface area contributed by atoms with E-state index in [0.29, 0.717) is 30.4 Å². The summed E-state index contributed by atoms with van der Waals surface area (Å²) in [6.07, 6.45) is 3.48. The molecular weight excluding hydrogens is 358 g/mol. The summed E-state index contributed by atoms with van der Waals surface area (Å²) < 4.78 is 1.48. The van der Waals surface area contributed by atoms with Crippen LogP contribution >= 0.6 is 12.4 Å². The van der Waals surface area contributed by atoms with Gasteiger partial charge in [-0.3, -0.25) is 14.9 Å². The minimum absolute atomic E-state index is 0. The summed E-state index contributed by atoms with van der Waals surface area (Å²) >= 11 is 0. The zero-order valence-electron chi connectivity index (χ0n) is 14.4. The molecule has 1 aliphatic rings. The van der Waals surface area contributed by atoms with Crippen molar-refractivity contribution in [2.24, 2.45) is 11.7 Å². The molecule has 1 fully saturated rings. The van der Waals surface area contributed by atoms with E-state index in [2.05, 4.69) is 12.0 Å². The molecule has 140 valence electrons. The number of nitrogens with zero attached hydrogens (tertiary/aromatic N) is 4. The van der Waals surface area contributed by atoms with Gasteiger partial charge < -0.3 is 10.6 Å². The van der Waals surface area contributed by atoms with E-state index in [0.717, 1.165) is 12.8 Å². The molecule has 2 unspecified atom stereocenters. The molecule has 0 aliphatic carbocycles. The number of carbonyl (C=O) groups excluding carboxylic acids is 1. The van der Waals surface area contributed by atoms with Crippen molar-refractivity contribution in [1.82, 2.24) is 14.7 Å². The highest BCUT2D eigenvalue weighted by Crippen LogP contribution is 2.24. The van der Waals surface area contributed by atoms with E-state index in [1.54, 1.807) is 29.3 Å². The van der Waals surface area contributed by atoms with Crippen LogP contribution in [-0.2, 0) is 0 Å². The number of hydrogen-bond acceptors (Lipinski definition) is 5. The fourth-order valence-electron chi connectivity index (χ4n) is 3.22. The average Bonchev–Trinajstić information content (AvgIpc) is 3.11. The summed E-state index contributed by atoms with van der Waals surface area (Å²) in [5, 5.41) is 15.2. The average molecular weight is 380 g/mol. The molecule has 9 heteroatoms. The molecule has 3 rings (SSSR count). The highest BCUT2D eigenvalue weighted by molar-refractivity contribution is 5.92. The number of halogens is 1. The maximum absolute atomic E-state index is 12.8. The number of likely N-dealkylation sites (tertiary alicyclic amines) is 1. The second kappa shape index (κ2) is 8.29. The van der Waals surface area contributed by atoms with Crippen molar-refractivity contribution < 1.29 is 9.72 Å². The molecule has 0 saturated carbocycles. The molecular formula is C17H22ClN5O3. The van der Waals surface area contributed by atoms with Crippen molar-refractivity contribution >= 4 is 24.0 Å². The molecule has 2 N–H and O–H groups in total. The first kappa shape index (κ1) is 19.9. The summed E-state index contributed by atoms with van der Waals surface area (Å²) in [5.41, 5.74) is 6.67. The Morgan fingerprint density at radius 3 is 2.88 bits per heavy atom. The van der Waals surface area contributed by atoms with Gasteiger partial charge in [0.05, 0.1) is 10.6 Å². The highest BCUT2D eigenvalue weighted by atomic mass is 35.5. The topological polar surface area (TPSA) is 107 Å². The van der Waals surface area contributed by atoms with Gasteiger partial charge in [-0.1, -0.05) is 13.0 Å². The highest BCUT2D eigenvalue weighted by Gasteiger charge is 2.30. The van der Waals surface area contributed by atoms with Gasteiger partial charge in [-0.25, -0.2) is 4.68 Å². The number of rotatable bonds is 4. The Hall–Kier alpha value is -2.45. The quantitative estimate of drug-likeness (QED) is 0.648. The number of non-ortho nitro benzene ring substituents is 1. The second-order valence-electron chi connectivity index (χ2n) is 6.44. The summed E-state index contributed by atoms with van der Waals surface area (Å²) in [4.78, 5) is 25.0. The van der Waals surface area contributed by atoms with Crippen LogP contribution in [0.4, 0.5) is 5.69 Å². The van der Waals surface area contributed by atoms with E-state index in [-0.39, 0.29) is 30.0 Å². The molecule has 26 heavy (non-hydrogen) atoms. The standard InChI is InChI=1S/C17H21N5O3.ClH/c1-12-5-7-20(15(9-12)11-18)17(23)16-6-8-21(19-16)13-3-2-4-14(10-13)22(24)25;/h2-4,6,8,10,12,15H,5,7,9,11,18H2,1H3;1H. The third-order valence-corrected chi connectivity index (χ3v) is 4.62. The first-order valence-corrected chi connectivity index (χ1v) is 8.31. The number of aromatic nitrogens is 2. The van der Waals surface area contributed by atoms with Crippen LogP contribution < -0.4 is 5.73 Å². The lowest BCUT2D eigenvalue weighted by molar-refractivity contribution is -0.384. The van der Waals surface area contributed by atoms with Gasteiger partial charge in [0.1, 0.15) is 0 Å². The fourth-order valence-corrected chi connectivity index (χ4v) is 3.22. The Morgan fingerprint density at radius 2 is 2.19 bits per heavy atom. The summed E-state index contributed by atoms with van der Waals surface area (Å²) in [7, 11) is 0. The van der Waals surface area contributed by atoms with Crippen molar-refractivity contribution in [1.29, 1.82) is 0 Å². The van der Waals surface area contributed by atoms with Crippen LogP contribution in [0.1, 0.15) is 30.3 Å². The molecule has 2 atom stereocenters. The molecule has 2 heterocycles. The Morgan fingerprint density at radius 1 is 1.42 bits per heavy atom. The molecule has 1 aromatic heterocycles. The van der Waals surface area contributed by atoms with Crippen LogP contribution in [0, 0.1) is 16.0 Å². The molecule has 0 bridgehead atoms. The molecule has 8 nitrogen and oxygen atoms in total. The maximum atomic E-state index is 12.8. The Kier molecular flexibility index (Phi) is 6.33. The predicted molar refractivity (Wildman–Crippen MR) is 99.7 cm³/mol. The number of hydrogen-bond donors (Lipinski definition) is 1. The van der Waals surface area contributed by atoms with E-state index in [4.69, 9.17) is 5.73 Å². The van der Waals surface area contributed by atoms with Crippen LogP contribution in [-0.4, -0.2) is 44.6 Å². The lowest BCUT2D eigenvalue weighted by Crippen LogP contribution is -2.49. The monoisotopic (exact) mass is 379 g/mol. The molecule has 1 saturated heterocycles. The van der Waals surface area contributed by atoms with Crippen molar-refractivity contribution in [2.75, 3.05) is 13.1 Å². The van der Waals surface area contributed by atoms with Crippen molar-refractivity contribution in [2.45, 2.75) is 25.8 Å².